The van der Waals surface area contributed by atoms with Gasteiger partial charge in [-0.3, -0.25) is 19.8 Å². The number of terminal acetylenes is 1. The minimum Gasteiger partial charge on any atom is -0.339 e. The molecule has 6 nitrogen and oxygen atoms in total. The first-order chi connectivity index (χ1) is 20.5. The third kappa shape index (κ3) is 6.64. The zero-order valence-corrected chi connectivity index (χ0v) is 24.9. The van der Waals surface area contributed by atoms with Crippen LogP contribution in [0.15, 0.2) is 60.8 Å². The average Bonchev–Trinajstić information content (AvgIpc) is 3.41. The van der Waals surface area contributed by atoms with Crippen LogP contribution in [0.2, 0.25) is 0 Å². The first-order valence-corrected chi connectivity index (χ1v) is 14.3. The van der Waals surface area contributed by atoms with Crippen LogP contribution in [0.5, 0.6) is 0 Å². The molecule has 1 amide bonds. The summed E-state index contributed by atoms with van der Waals surface area (Å²) in [6.45, 7) is 7.34. The van der Waals surface area contributed by atoms with Crippen LogP contribution in [0.25, 0.3) is 11.0 Å². The van der Waals surface area contributed by atoms with E-state index in [1.807, 2.05) is 24.3 Å². The fourth-order valence-corrected chi connectivity index (χ4v) is 5.44. The summed E-state index contributed by atoms with van der Waals surface area (Å²) in [5.41, 5.74) is 3.12. The number of alkyl halides is 3. The maximum Gasteiger partial charge on any atom is 0.273 e. The van der Waals surface area contributed by atoms with Gasteiger partial charge in [-0.15, -0.1) is 12.3 Å². The van der Waals surface area contributed by atoms with E-state index in [1.165, 1.54) is 38.2 Å². The molecular formula is C34H36F3N5O. The molecule has 0 bridgehead atoms. The number of aromatic nitrogens is 3. The Labute approximate surface area is 250 Å². The molecule has 224 valence electrons. The fraction of sp³-hybridized carbons (Fsp3) is 0.353. The quantitative estimate of drug-likeness (QED) is 0.177. The number of rotatable bonds is 7. The predicted molar refractivity (Wildman–Crippen MR) is 163 cm³/mol. The number of hydrogen-bond donors (Lipinski definition) is 1. The molecule has 3 heterocycles. The van der Waals surface area contributed by atoms with Gasteiger partial charge in [-0.2, -0.15) is 0 Å². The monoisotopic (exact) mass is 587 g/mol. The Morgan fingerprint density at radius 2 is 1.81 bits per heavy atom. The molecule has 2 aromatic carbocycles. The van der Waals surface area contributed by atoms with Gasteiger partial charge in [-0.1, -0.05) is 37.3 Å². The van der Waals surface area contributed by atoms with Gasteiger partial charge in [-0.05, 0) is 63.4 Å². The van der Waals surface area contributed by atoms with Crippen molar-refractivity contribution in [3.8, 4) is 12.3 Å². The first-order valence-electron chi connectivity index (χ1n) is 14.3. The molecule has 1 atom stereocenters. The van der Waals surface area contributed by atoms with Crippen molar-refractivity contribution in [1.82, 2.24) is 19.4 Å². The molecule has 1 aliphatic rings. The Morgan fingerprint density at radius 3 is 2.44 bits per heavy atom. The number of hydrogen-bond acceptors (Lipinski definition) is 4. The molecular weight excluding hydrogens is 551 g/mol. The number of amides is 1. The molecule has 1 saturated heterocycles. The van der Waals surface area contributed by atoms with E-state index in [0.29, 0.717) is 54.1 Å². The third-order valence-corrected chi connectivity index (χ3v) is 7.71. The average molecular weight is 588 g/mol. The summed E-state index contributed by atoms with van der Waals surface area (Å²) < 4.78 is 44.6. The normalized spacial score (nSPS) is 14.5. The van der Waals surface area contributed by atoms with Crippen LogP contribution < -0.4 is 0 Å². The summed E-state index contributed by atoms with van der Waals surface area (Å²) in [5.74, 6) is -0.138. The van der Waals surface area contributed by atoms with Gasteiger partial charge in [0.15, 0.2) is 6.30 Å². The Bertz CT molecular complexity index is 1660. The number of benzene rings is 2. The van der Waals surface area contributed by atoms with Crippen molar-refractivity contribution in [1.29, 1.82) is 5.41 Å². The largest absolute Gasteiger partial charge is 0.339 e. The Morgan fingerprint density at radius 1 is 1.14 bits per heavy atom. The first kappa shape index (κ1) is 31.5. The molecule has 0 radical (unpaired) electrons. The number of para-hydroxylation sites is 2. The lowest BCUT2D eigenvalue weighted by Gasteiger charge is -2.32. The standard InChI is InChI=1S/C31H32F3N5O.C3H4/c1-4-31(33,34)24-9-7-8-22(17-24)27(35)28-19(2)16-23(18-36-28)30(40)38-14-12-21(13-15-38)29-37-25-10-5-6-11-26(25)39(29)20(3)32;1-3-2/h5-11,16-18,20-21,35H,4,12-15H2,1-3H3;1H,2H3. The zero-order valence-electron chi connectivity index (χ0n) is 24.9. The second-order valence-corrected chi connectivity index (χ2v) is 10.7. The minimum atomic E-state index is -2.97. The molecule has 0 spiro atoms. The summed E-state index contributed by atoms with van der Waals surface area (Å²) in [6, 6.07) is 15.0. The Kier molecular flexibility index (Phi) is 9.70. The van der Waals surface area contributed by atoms with Crippen molar-refractivity contribution < 1.29 is 18.0 Å². The minimum absolute atomic E-state index is 0.0241. The summed E-state index contributed by atoms with van der Waals surface area (Å²) in [4.78, 5) is 24.2. The number of carbonyl (C=O) groups is 1. The highest BCUT2D eigenvalue weighted by Crippen LogP contribution is 2.34. The lowest BCUT2D eigenvalue weighted by Crippen LogP contribution is -2.38. The van der Waals surface area contributed by atoms with E-state index in [4.69, 9.17) is 10.4 Å². The van der Waals surface area contributed by atoms with E-state index in [9.17, 15) is 18.0 Å². The number of piperidine rings is 1. The van der Waals surface area contributed by atoms with E-state index in [2.05, 4.69) is 17.3 Å². The molecule has 0 aliphatic carbocycles. The van der Waals surface area contributed by atoms with Crippen molar-refractivity contribution in [3.63, 3.8) is 0 Å². The second-order valence-electron chi connectivity index (χ2n) is 10.7. The number of nitrogens with one attached hydrogen (secondary N) is 1. The summed E-state index contributed by atoms with van der Waals surface area (Å²) in [6.07, 6.45) is 5.83. The zero-order chi connectivity index (χ0) is 31.3. The van der Waals surface area contributed by atoms with Crippen molar-refractivity contribution >= 4 is 22.7 Å². The van der Waals surface area contributed by atoms with E-state index < -0.39 is 12.2 Å². The SMILES string of the molecule is C#CC.CCC(F)(F)c1cccc(C(=N)c2ncc(C(=O)N3CCC(c4nc5ccccc5n4C(C)F)CC3)cc2C)c1. The lowest BCUT2D eigenvalue weighted by molar-refractivity contribution is -0.00830. The number of nitrogens with zero attached hydrogens (tertiary/aromatic N) is 4. The van der Waals surface area contributed by atoms with Crippen LogP contribution in [-0.4, -0.2) is 44.1 Å². The van der Waals surface area contributed by atoms with Gasteiger partial charge in [0.25, 0.3) is 11.8 Å². The molecule has 4 aromatic rings. The van der Waals surface area contributed by atoms with Crippen molar-refractivity contribution in [2.75, 3.05) is 13.1 Å². The van der Waals surface area contributed by atoms with E-state index in [1.54, 1.807) is 35.4 Å². The number of fused-ring (bicyclic) bond motifs is 1. The summed E-state index contributed by atoms with van der Waals surface area (Å²) in [7, 11) is 0. The van der Waals surface area contributed by atoms with Gasteiger partial charge < -0.3 is 4.90 Å². The molecule has 0 saturated carbocycles. The van der Waals surface area contributed by atoms with Crippen LogP contribution >= 0.6 is 0 Å². The highest BCUT2D eigenvalue weighted by atomic mass is 19.3. The molecule has 9 heteroatoms. The third-order valence-electron chi connectivity index (χ3n) is 7.71. The van der Waals surface area contributed by atoms with Gasteiger partial charge >= 0.3 is 0 Å². The van der Waals surface area contributed by atoms with E-state index >= 15 is 0 Å². The van der Waals surface area contributed by atoms with Crippen LogP contribution in [0.3, 0.4) is 0 Å². The molecule has 1 N–H and O–H groups in total. The van der Waals surface area contributed by atoms with Crippen LogP contribution in [-0.2, 0) is 5.92 Å². The molecule has 5 rings (SSSR count). The van der Waals surface area contributed by atoms with Gasteiger partial charge in [-0.25, -0.2) is 18.2 Å². The highest BCUT2D eigenvalue weighted by Gasteiger charge is 2.31. The van der Waals surface area contributed by atoms with Gasteiger partial charge in [0.1, 0.15) is 5.82 Å². The van der Waals surface area contributed by atoms with Crippen molar-refractivity contribution in [2.24, 2.45) is 0 Å². The number of imidazole rings is 1. The van der Waals surface area contributed by atoms with Crippen LogP contribution in [0.1, 0.15) is 90.8 Å². The second kappa shape index (κ2) is 13.2. The number of halogens is 3. The predicted octanol–water partition coefficient (Wildman–Crippen LogP) is 7.80. The number of pyridine rings is 1. The smallest absolute Gasteiger partial charge is 0.273 e. The number of aryl methyl sites for hydroxylation is 1. The Balaban J connectivity index is 0.00000135. The van der Waals surface area contributed by atoms with Crippen LogP contribution in [0.4, 0.5) is 13.2 Å². The Hall–Kier alpha value is -4.45. The molecule has 2 aromatic heterocycles. The highest BCUT2D eigenvalue weighted by molar-refractivity contribution is 6.10. The molecule has 1 aliphatic heterocycles. The molecule has 1 fully saturated rings. The lowest BCUT2D eigenvalue weighted by atomic mass is 9.95. The van der Waals surface area contributed by atoms with Crippen LogP contribution in [0, 0.1) is 24.7 Å². The summed E-state index contributed by atoms with van der Waals surface area (Å²) >= 11 is 0. The summed E-state index contributed by atoms with van der Waals surface area (Å²) in [5, 5.41) is 8.60. The van der Waals surface area contributed by atoms with E-state index in [0.717, 1.165) is 11.0 Å². The molecule has 1 unspecified atom stereocenters. The topological polar surface area (TPSA) is 74.9 Å². The maximum atomic E-state index is 14.6. The van der Waals surface area contributed by atoms with Crippen molar-refractivity contribution in [3.05, 3.63) is 94.6 Å². The number of carbonyl (C=O) groups excluding carboxylic acids is 1. The van der Waals surface area contributed by atoms with Gasteiger partial charge in [0.2, 0.25) is 0 Å². The van der Waals surface area contributed by atoms with Crippen molar-refractivity contribution in [2.45, 2.75) is 65.1 Å². The van der Waals surface area contributed by atoms with Gasteiger partial charge in [0, 0.05) is 42.8 Å². The van der Waals surface area contributed by atoms with Gasteiger partial charge in [0.05, 0.1) is 28.0 Å². The number of likely N-dealkylation sites (tertiary alicyclic amines) is 1. The maximum absolute atomic E-state index is 14.6. The molecule has 43 heavy (non-hydrogen) atoms. The fourth-order valence-electron chi connectivity index (χ4n) is 5.44. The van der Waals surface area contributed by atoms with E-state index in [-0.39, 0.29) is 29.5 Å².